The Hall–Kier alpha value is -2.40. The summed E-state index contributed by atoms with van der Waals surface area (Å²) in [7, 11) is 0. The molecule has 1 fully saturated rings. The van der Waals surface area contributed by atoms with Crippen LogP contribution >= 0.6 is 15.9 Å². The van der Waals surface area contributed by atoms with E-state index in [0.29, 0.717) is 16.5 Å². The number of fused-ring (bicyclic) bond motifs is 1. The van der Waals surface area contributed by atoms with Gasteiger partial charge in [-0.2, -0.15) is 13.2 Å². The van der Waals surface area contributed by atoms with Gasteiger partial charge in [-0.25, -0.2) is 9.97 Å². The summed E-state index contributed by atoms with van der Waals surface area (Å²) in [6, 6.07) is 3.18. The average molecular weight is 485 g/mol. The van der Waals surface area contributed by atoms with E-state index >= 15 is 0 Å². The molecule has 0 bridgehead atoms. The lowest BCUT2D eigenvalue weighted by Gasteiger charge is -2.36. The molecule has 4 rings (SSSR count). The van der Waals surface area contributed by atoms with Gasteiger partial charge in [0.05, 0.1) is 16.8 Å². The van der Waals surface area contributed by atoms with Crippen molar-refractivity contribution >= 4 is 27.4 Å². The van der Waals surface area contributed by atoms with Crippen molar-refractivity contribution < 1.29 is 13.2 Å². The number of halogens is 4. The van der Waals surface area contributed by atoms with Crippen LogP contribution in [0.4, 0.5) is 19.1 Å². The van der Waals surface area contributed by atoms with Crippen LogP contribution in [0, 0.1) is 0 Å². The van der Waals surface area contributed by atoms with E-state index in [0.717, 1.165) is 19.0 Å². The first-order valence-electron chi connectivity index (χ1n) is 9.39. The number of aromatic amines is 1. The fraction of sp³-hybridized carbons (Fsp3) is 0.421. The van der Waals surface area contributed by atoms with Gasteiger partial charge in [0.15, 0.2) is 0 Å². The van der Waals surface area contributed by atoms with Crippen LogP contribution in [-0.4, -0.2) is 37.7 Å². The fourth-order valence-electron chi connectivity index (χ4n) is 3.56. The zero-order valence-electron chi connectivity index (χ0n) is 16.3. The number of piperidine rings is 1. The smallest absolute Gasteiger partial charge is 0.350 e. The van der Waals surface area contributed by atoms with Gasteiger partial charge >= 0.3 is 6.18 Å². The first-order chi connectivity index (χ1) is 14.0. The molecule has 0 amide bonds. The number of nitrogens with one attached hydrogen (secondary N) is 3. The van der Waals surface area contributed by atoms with E-state index in [2.05, 4.69) is 55.5 Å². The molecule has 4 heterocycles. The molecule has 11 heteroatoms. The highest BCUT2D eigenvalue weighted by Crippen LogP contribution is 2.36. The van der Waals surface area contributed by atoms with Crippen LogP contribution in [0.25, 0.3) is 16.8 Å². The van der Waals surface area contributed by atoms with Crippen LogP contribution in [0.1, 0.15) is 32.3 Å². The predicted molar refractivity (Wildman–Crippen MR) is 110 cm³/mol. The molecule has 1 aliphatic heterocycles. The van der Waals surface area contributed by atoms with Crippen LogP contribution in [0.3, 0.4) is 0 Å². The normalized spacial score (nSPS) is 19.2. The summed E-state index contributed by atoms with van der Waals surface area (Å²) in [6.07, 6.45) is -0.698. The number of hydrogen-bond acceptors (Lipinski definition) is 5. The third-order valence-electron chi connectivity index (χ3n) is 5.23. The molecule has 0 radical (unpaired) electrons. The molecule has 160 valence electrons. The summed E-state index contributed by atoms with van der Waals surface area (Å²) >= 11 is 3.28. The van der Waals surface area contributed by atoms with Gasteiger partial charge in [0, 0.05) is 35.0 Å². The average Bonchev–Trinajstić information content (AvgIpc) is 2.97. The monoisotopic (exact) mass is 484 g/mol. The Morgan fingerprint density at radius 2 is 2.10 bits per heavy atom. The molecule has 1 atom stereocenters. The fourth-order valence-corrected chi connectivity index (χ4v) is 3.90. The Balaban J connectivity index is 1.78. The topological polar surface area (TPSA) is 87.1 Å². The Kier molecular flexibility index (Phi) is 5.13. The Morgan fingerprint density at radius 3 is 2.77 bits per heavy atom. The quantitative estimate of drug-likeness (QED) is 0.526. The number of nitrogens with zero attached hydrogens (tertiary/aromatic N) is 3. The number of hydrogen-bond donors (Lipinski definition) is 3. The Bertz CT molecular complexity index is 1140. The predicted octanol–water partition coefficient (Wildman–Crippen LogP) is 3.81. The minimum absolute atomic E-state index is 0.0112. The van der Waals surface area contributed by atoms with E-state index in [-0.39, 0.29) is 23.1 Å². The molecule has 0 spiro atoms. The molecule has 0 unspecified atom stereocenters. The van der Waals surface area contributed by atoms with Crippen molar-refractivity contribution in [3.8, 4) is 11.3 Å². The Morgan fingerprint density at radius 1 is 1.33 bits per heavy atom. The summed E-state index contributed by atoms with van der Waals surface area (Å²) in [5, 5.41) is 9.01. The van der Waals surface area contributed by atoms with Gasteiger partial charge in [-0.05, 0) is 54.8 Å². The van der Waals surface area contributed by atoms with Gasteiger partial charge in [-0.3, -0.25) is 14.4 Å². The van der Waals surface area contributed by atoms with Crippen molar-refractivity contribution in [3.05, 3.63) is 44.9 Å². The third-order valence-corrected chi connectivity index (χ3v) is 5.70. The van der Waals surface area contributed by atoms with Gasteiger partial charge in [-0.15, -0.1) is 0 Å². The summed E-state index contributed by atoms with van der Waals surface area (Å²) < 4.78 is 43.1. The molecule has 1 aliphatic rings. The number of anilines is 1. The van der Waals surface area contributed by atoms with Crippen LogP contribution in [0.15, 0.2) is 33.8 Å². The molecule has 0 aliphatic carbocycles. The van der Waals surface area contributed by atoms with Crippen molar-refractivity contribution in [2.24, 2.45) is 0 Å². The maximum absolute atomic E-state index is 13.7. The molecule has 0 aromatic carbocycles. The lowest BCUT2D eigenvalue weighted by molar-refractivity contribution is -0.137. The molecular weight excluding hydrogens is 465 g/mol. The van der Waals surface area contributed by atoms with E-state index in [9.17, 15) is 18.0 Å². The first kappa shape index (κ1) is 20.9. The van der Waals surface area contributed by atoms with Gasteiger partial charge in [0.25, 0.3) is 5.56 Å². The van der Waals surface area contributed by atoms with Gasteiger partial charge in [-0.1, -0.05) is 0 Å². The van der Waals surface area contributed by atoms with E-state index in [1.54, 1.807) is 18.3 Å². The summed E-state index contributed by atoms with van der Waals surface area (Å²) in [4.78, 5) is 20.6. The van der Waals surface area contributed by atoms with Gasteiger partial charge in [0.2, 0.25) is 5.95 Å². The molecule has 3 aromatic heterocycles. The molecule has 3 aromatic rings. The van der Waals surface area contributed by atoms with Gasteiger partial charge in [0.1, 0.15) is 5.56 Å². The largest absolute Gasteiger partial charge is 0.420 e. The lowest BCUT2D eigenvalue weighted by atomic mass is 9.91. The summed E-state index contributed by atoms with van der Waals surface area (Å²) in [5.74, 6) is 0.0559. The number of rotatable bonds is 3. The molecular formula is C19H20BrF3N6O. The standard InChI is InChI=1S/C19H20BrF3N6O/c1-18(2)6-5-11(7-25-18)26-17-24-8-12(19(21,22)23)15(27-17)14-13-4-3-10(20)9-29(13)28-16(14)30/h3-4,8-9,11,25H,5-7H2,1-2H3,(H,28,30)(H,24,26,27)/t11-/m0/s1. The second kappa shape index (κ2) is 7.38. The van der Waals surface area contributed by atoms with Crippen molar-refractivity contribution in [1.82, 2.24) is 24.9 Å². The number of aromatic nitrogens is 4. The molecule has 30 heavy (non-hydrogen) atoms. The molecule has 1 saturated heterocycles. The summed E-state index contributed by atoms with van der Waals surface area (Å²) in [6.45, 7) is 4.83. The highest BCUT2D eigenvalue weighted by molar-refractivity contribution is 9.10. The highest BCUT2D eigenvalue weighted by Gasteiger charge is 2.37. The minimum Gasteiger partial charge on any atom is -0.350 e. The van der Waals surface area contributed by atoms with Crippen LogP contribution in [-0.2, 0) is 6.18 Å². The van der Waals surface area contributed by atoms with Crippen LogP contribution < -0.4 is 16.2 Å². The van der Waals surface area contributed by atoms with E-state index < -0.39 is 23.0 Å². The van der Waals surface area contributed by atoms with E-state index in [1.807, 2.05) is 0 Å². The SMILES string of the molecule is CC1(C)CC[C@H](Nc2ncc(C(F)(F)F)c(-c3c(=O)[nH]n4cc(Br)ccc34)n2)CN1. The van der Waals surface area contributed by atoms with Gasteiger partial charge < -0.3 is 10.6 Å². The second-order valence-corrected chi connectivity index (χ2v) is 8.93. The van der Waals surface area contributed by atoms with E-state index in [4.69, 9.17) is 0 Å². The van der Waals surface area contributed by atoms with Crippen molar-refractivity contribution in [2.45, 2.75) is 44.4 Å². The first-order valence-corrected chi connectivity index (χ1v) is 10.2. The van der Waals surface area contributed by atoms with Crippen molar-refractivity contribution in [2.75, 3.05) is 11.9 Å². The molecule has 3 N–H and O–H groups in total. The summed E-state index contributed by atoms with van der Waals surface area (Å²) in [5.41, 5.74) is -2.02. The Labute approximate surface area is 178 Å². The molecule has 7 nitrogen and oxygen atoms in total. The van der Waals surface area contributed by atoms with Crippen LogP contribution in [0.5, 0.6) is 0 Å². The van der Waals surface area contributed by atoms with Crippen LogP contribution in [0.2, 0.25) is 0 Å². The minimum atomic E-state index is -4.71. The number of alkyl halides is 3. The maximum atomic E-state index is 13.7. The highest BCUT2D eigenvalue weighted by atomic mass is 79.9. The lowest BCUT2D eigenvalue weighted by Crippen LogP contribution is -2.50. The number of H-pyrrole nitrogens is 1. The zero-order chi connectivity index (χ0) is 21.7. The van der Waals surface area contributed by atoms with Crippen molar-refractivity contribution in [3.63, 3.8) is 0 Å². The molecule has 0 saturated carbocycles. The van der Waals surface area contributed by atoms with Crippen molar-refractivity contribution in [1.29, 1.82) is 0 Å². The third kappa shape index (κ3) is 4.08. The second-order valence-electron chi connectivity index (χ2n) is 8.02. The maximum Gasteiger partial charge on any atom is 0.420 e. The zero-order valence-corrected chi connectivity index (χ0v) is 17.9. The van der Waals surface area contributed by atoms with E-state index in [1.165, 1.54) is 4.52 Å². The number of pyridine rings is 1.